The van der Waals surface area contributed by atoms with Crippen LogP contribution in [0.1, 0.15) is 11.8 Å². The van der Waals surface area contributed by atoms with Crippen molar-refractivity contribution in [1.82, 2.24) is 5.32 Å². The van der Waals surface area contributed by atoms with E-state index < -0.39 is 23.6 Å². The molecule has 0 aliphatic heterocycles. The lowest BCUT2D eigenvalue weighted by molar-refractivity contribution is -0.206. The summed E-state index contributed by atoms with van der Waals surface area (Å²) in [6.07, 6.45) is -3.06. The van der Waals surface area contributed by atoms with E-state index in [4.69, 9.17) is 16.7 Å². The van der Waals surface area contributed by atoms with Gasteiger partial charge in [0.15, 0.2) is 0 Å². The number of carbonyl (C=O) groups excluding carboxylic acids is 1. The zero-order chi connectivity index (χ0) is 15.6. The molecule has 0 saturated heterocycles. The van der Waals surface area contributed by atoms with Gasteiger partial charge in [-0.15, -0.1) is 11.3 Å². The Balaban J connectivity index is 2.83. The minimum Gasteiger partial charge on any atom is -0.479 e. The Morgan fingerprint density at radius 1 is 1.40 bits per heavy atom. The summed E-state index contributed by atoms with van der Waals surface area (Å²) in [6, 6.07) is 3.12. The van der Waals surface area contributed by atoms with Crippen LogP contribution in [0.15, 0.2) is 18.2 Å². The molecule has 1 heterocycles. The summed E-state index contributed by atoms with van der Waals surface area (Å²) in [5, 5.41) is 10.1. The summed E-state index contributed by atoms with van der Waals surface area (Å²) in [4.78, 5) is 22.7. The van der Waals surface area contributed by atoms with E-state index in [-0.39, 0.29) is 0 Å². The van der Waals surface area contributed by atoms with Crippen LogP contribution in [0.25, 0.3) is 6.08 Å². The molecule has 0 aromatic carbocycles. The van der Waals surface area contributed by atoms with Gasteiger partial charge in [-0.2, -0.15) is 13.2 Å². The predicted octanol–water partition coefficient (Wildman–Crippen LogP) is 2.94. The number of alkyl halides is 3. The molecule has 20 heavy (non-hydrogen) atoms. The van der Waals surface area contributed by atoms with Crippen LogP contribution in [-0.2, 0) is 9.59 Å². The number of rotatable bonds is 4. The fourth-order valence-electron chi connectivity index (χ4n) is 1.11. The van der Waals surface area contributed by atoms with Crippen molar-refractivity contribution in [1.29, 1.82) is 0 Å². The van der Waals surface area contributed by atoms with Crippen LogP contribution in [-0.4, -0.2) is 28.7 Å². The van der Waals surface area contributed by atoms with Gasteiger partial charge in [0, 0.05) is 11.0 Å². The molecule has 1 rings (SSSR count). The molecule has 1 unspecified atom stereocenters. The fourth-order valence-corrected chi connectivity index (χ4v) is 2.07. The second kappa shape index (κ2) is 5.84. The fraction of sp³-hybridized carbons (Fsp3) is 0.273. The van der Waals surface area contributed by atoms with Gasteiger partial charge in [0.2, 0.25) is 11.4 Å². The summed E-state index contributed by atoms with van der Waals surface area (Å²) in [5.74, 6) is -3.36. The first-order chi connectivity index (χ1) is 9.06. The van der Waals surface area contributed by atoms with Crippen molar-refractivity contribution in [2.45, 2.75) is 18.6 Å². The molecule has 0 radical (unpaired) electrons. The van der Waals surface area contributed by atoms with E-state index in [1.54, 1.807) is 12.1 Å². The standard InChI is InChI=1S/C11H9ClF3NO3S/c1-10(9(18)19,11(13,14)15)16-8(17)5-3-6-2-4-7(12)20-6/h2-5H,1H3,(H,16,17)(H,18,19). The molecule has 0 aliphatic rings. The van der Waals surface area contributed by atoms with E-state index in [2.05, 4.69) is 0 Å². The topological polar surface area (TPSA) is 66.4 Å². The van der Waals surface area contributed by atoms with E-state index in [1.807, 2.05) is 0 Å². The van der Waals surface area contributed by atoms with Crippen LogP contribution in [0.3, 0.4) is 0 Å². The molecule has 1 aromatic heterocycles. The molecule has 110 valence electrons. The van der Waals surface area contributed by atoms with Crippen molar-refractivity contribution >= 4 is 40.9 Å². The normalized spacial score (nSPS) is 15.1. The minimum atomic E-state index is -5.12. The van der Waals surface area contributed by atoms with E-state index in [9.17, 15) is 22.8 Å². The molecular weight excluding hydrogens is 319 g/mol. The number of carboxylic acids is 1. The molecule has 0 aliphatic carbocycles. The Hall–Kier alpha value is -1.54. The number of nitrogens with one attached hydrogen (secondary N) is 1. The molecule has 4 nitrogen and oxygen atoms in total. The minimum absolute atomic E-state index is 0.378. The monoisotopic (exact) mass is 327 g/mol. The van der Waals surface area contributed by atoms with Crippen LogP contribution < -0.4 is 5.32 Å². The second-order valence-corrected chi connectivity index (χ2v) is 5.64. The Bertz CT molecular complexity index is 555. The average Bonchev–Trinajstić information content (AvgIpc) is 2.70. The third kappa shape index (κ3) is 3.73. The van der Waals surface area contributed by atoms with Gasteiger partial charge in [0.1, 0.15) is 0 Å². The van der Waals surface area contributed by atoms with Crippen molar-refractivity contribution in [2.75, 3.05) is 0 Å². The van der Waals surface area contributed by atoms with Crippen LogP contribution in [0.2, 0.25) is 4.34 Å². The maximum Gasteiger partial charge on any atom is 0.422 e. The zero-order valence-electron chi connectivity index (χ0n) is 9.99. The maximum absolute atomic E-state index is 12.6. The smallest absolute Gasteiger partial charge is 0.422 e. The highest BCUT2D eigenvalue weighted by molar-refractivity contribution is 7.17. The molecule has 2 N–H and O–H groups in total. The number of carbonyl (C=O) groups is 2. The first-order valence-corrected chi connectivity index (χ1v) is 6.31. The summed E-state index contributed by atoms with van der Waals surface area (Å²) in [7, 11) is 0. The Morgan fingerprint density at radius 2 is 2.00 bits per heavy atom. The number of hydrogen-bond donors (Lipinski definition) is 2. The van der Waals surface area contributed by atoms with Crippen molar-refractivity contribution in [2.24, 2.45) is 0 Å². The third-order valence-electron chi connectivity index (χ3n) is 2.36. The molecule has 0 bridgehead atoms. The highest BCUT2D eigenvalue weighted by Gasteiger charge is 2.58. The lowest BCUT2D eigenvalue weighted by atomic mass is 10.0. The average molecular weight is 328 g/mol. The van der Waals surface area contributed by atoms with Gasteiger partial charge in [-0.25, -0.2) is 4.79 Å². The molecule has 1 amide bonds. The van der Waals surface area contributed by atoms with Crippen LogP contribution in [0.4, 0.5) is 13.2 Å². The number of amides is 1. The number of carboxylic acid groups (broad SMARTS) is 1. The van der Waals surface area contributed by atoms with Crippen molar-refractivity contribution in [3.8, 4) is 0 Å². The summed E-state index contributed by atoms with van der Waals surface area (Å²) in [6.45, 7) is 0.378. The number of aliphatic carboxylic acids is 1. The highest BCUT2D eigenvalue weighted by Crippen LogP contribution is 2.30. The highest BCUT2D eigenvalue weighted by atomic mass is 35.5. The van der Waals surface area contributed by atoms with Gasteiger partial charge >= 0.3 is 12.1 Å². The lowest BCUT2D eigenvalue weighted by Crippen LogP contribution is -2.61. The summed E-state index contributed by atoms with van der Waals surface area (Å²) < 4.78 is 38.4. The summed E-state index contributed by atoms with van der Waals surface area (Å²) in [5.41, 5.74) is -3.35. The van der Waals surface area contributed by atoms with E-state index in [0.717, 1.165) is 17.4 Å². The molecule has 0 fully saturated rings. The SMILES string of the molecule is CC(NC(=O)C=Cc1ccc(Cl)s1)(C(=O)O)C(F)(F)F. The quantitative estimate of drug-likeness (QED) is 0.836. The van der Waals surface area contributed by atoms with E-state index in [0.29, 0.717) is 16.1 Å². The Kier molecular flexibility index (Phi) is 4.82. The van der Waals surface area contributed by atoms with Gasteiger partial charge in [-0.1, -0.05) is 11.6 Å². The molecule has 1 aromatic rings. The molecular formula is C11H9ClF3NO3S. The number of hydrogen-bond acceptors (Lipinski definition) is 3. The van der Waals surface area contributed by atoms with Crippen LogP contribution >= 0.6 is 22.9 Å². The second-order valence-electron chi connectivity index (χ2n) is 3.89. The van der Waals surface area contributed by atoms with Gasteiger partial charge in [-0.05, 0) is 25.1 Å². The Labute approximate surface area is 120 Å². The molecule has 0 saturated carbocycles. The number of halogens is 4. The van der Waals surface area contributed by atoms with E-state index >= 15 is 0 Å². The Morgan fingerprint density at radius 3 is 2.40 bits per heavy atom. The molecule has 1 atom stereocenters. The third-order valence-corrected chi connectivity index (χ3v) is 3.56. The predicted molar refractivity (Wildman–Crippen MR) is 68.6 cm³/mol. The van der Waals surface area contributed by atoms with Gasteiger partial charge in [0.25, 0.3) is 0 Å². The first kappa shape index (κ1) is 16.5. The largest absolute Gasteiger partial charge is 0.479 e. The molecule has 0 spiro atoms. The summed E-state index contributed by atoms with van der Waals surface area (Å²) >= 11 is 6.76. The maximum atomic E-state index is 12.6. The number of thiophene rings is 1. The van der Waals surface area contributed by atoms with Gasteiger partial charge in [0.05, 0.1) is 4.34 Å². The van der Waals surface area contributed by atoms with Crippen molar-refractivity contribution < 1.29 is 27.9 Å². The molecule has 9 heteroatoms. The van der Waals surface area contributed by atoms with Crippen LogP contribution in [0.5, 0.6) is 0 Å². The zero-order valence-corrected chi connectivity index (χ0v) is 11.6. The van der Waals surface area contributed by atoms with Crippen molar-refractivity contribution in [3.05, 3.63) is 27.4 Å². The van der Waals surface area contributed by atoms with Crippen LogP contribution in [0, 0.1) is 0 Å². The van der Waals surface area contributed by atoms with E-state index in [1.165, 1.54) is 11.4 Å². The van der Waals surface area contributed by atoms with Crippen molar-refractivity contribution in [3.63, 3.8) is 0 Å². The van der Waals surface area contributed by atoms with Gasteiger partial charge < -0.3 is 10.4 Å². The lowest BCUT2D eigenvalue weighted by Gasteiger charge is -2.27. The first-order valence-electron chi connectivity index (χ1n) is 5.12. The van der Waals surface area contributed by atoms with Gasteiger partial charge in [-0.3, -0.25) is 4.79 Å².